The lowest BCUT2D eigenvalue weighted by Crippen LogP contribution is -2.24. The average Bonchev–Trinajstić information content (AvgIpc) is 2.08. The maximum Gasteiger partial charge on any atom is 0.0705 e. The van der Waals surface area contributed by atoms with Crippen LogP contribution in [-0.4, -0.2) is 11.2 Å². The largest absolute Gasteiger partial charge is 0.391 e. The molecule has 1 aromatic carbocycles. The van der Waals surface area contributed by atoms with Gasteiger partial charge in [0.15, 0.2) is 0 Å². The van der Waals surface area contributed by atoms with Crippen molar-refractivity contribution in [2.24, 2.45) is 5.73 Å². The summed E-state index contributed by atoms with van der Waals surface area (Å²) >= 11 is 2.26. The highest BCUT2D eigenvalue weighted by Gasteiger charge is 2.15. The summed E-state index contributed by atoms with van der Waals surface area (Å²) in [5.74, 6) is 0. The Balaban J connectivity index is 3.07. The third-order valence-electron chi connectivity index (χ3n) is 2.10. The molecule has 0 bridgehead atoms. The van der Waals surface area contributed by atoms with E-state index < -0.39 is 6.10 Å². The van der Waals surface area contributed by atoms with Gasteiger partial charge in [-0.2, -0.15) is 0 Å². The Morgan fingerprint density at radius 2 is 2.08 bits per heavy atom. The van der Waals surface area contributed by atoms with Gasteiger partial charge in [0.2, 0.25) is 0 Å². The zero-order valence-electron chi connectivity index (χ0n) is 7.79. The number of aliphatic hydroxyl groups is 1. The molecule has 0 heterocycles. The van der Waals surface area contributed by atoms with Crippen LogP contribution in [0.3, 0.4) is 0 Å². The van der Waals surface area contributed by atoms with Crippen molar-refractivity contribution in [2.75, 3.05) is 0 Å². The van der Waals surface area contributed by atoms with Gasteiger partial charge in [-0.05, 0) is 47.6 Å². The van der Waals surface area contributed by atoms with Crippen molar-refractivity contribution in [1.29, 1.82) is 0 Å². The molecule has 0 radical (unpaired) electrons. The van der Waals surface area contributed by atoms with Crippen molar-refractivity contribution in [3.05, 3.63) is 32.9 Å². The SMILES string of the molecule is Cc1cccc([C@H](N)C(C)O)c1I. The third-order valence-corrected chi connectivity index (χ3v) is 3.57. The van der Waals surface area contributed by atoms with Crippen molar-refractivity contribution in [1.82, 2.24) is 0 Å². The average molecular weight is 291 g/mol. The number of aliphatic hydroxyl groups excluding tert-OH is 1. The highest BCUT2D eigenvalue weighted by molar-refractivity contribution is 14.1. The molecule has 0 aliphatic heterocycles. The van der Waals surface area contributed by atoms with Gasteiger partial charge >= 0.3 is 0 Å². The van der Waals surface area contributed by atoms with Crippen LogP contribution < -0.4 is 5.73 Å². The van der Waals surface area contributed by atoms with E-state index in [0.717, 1.165) is 9.13 Å². The summed E-state index contributed by atoms with van der Waals surface area (Å²) in [6.45, 7) is 3.75. The number of rotatable bonds is 2. The van der Waals surface area contributed by atoms with Crippen molar-refractivity contribution in [3.8, 4) is 0 Å². The molecular weight excluding hydrogens is 277 g/mol. The number of hydrogen-bond donors (Lipinski definition) is 2. The standard InChI is InChI=1S/C10H14INO/c1-6-4-3-5-8(9(6)11)10(12)7(2)13/h3-5,7,10,13H,12H2,1-2H3/t7?,10-/m1/s1. The molecule has 0 spiro atoms. The molecule has 1 aromatic rings. The van der Waals surface area contributed by atoms with E-state index >= 15 is 0 Å². The predicted octanol–water partition coefficient (Wildman–Crippen LogP) is 1.98. The fraction of sp³-hybridized carbons (Fsp3) is 0.400. The second-order valence-corrected chi connectivity index (χ2v) is 4.32. The molecule has 3 heteroatoms. The molecule has 72 valence electrons. The molecule has 0 aromatic heterocycles. The maximum atomic E-state index is 9.36. The summed E-state index contributed by atoms with van der Waals surface area (Å²) in [4.78, 5) is 0. The quantitative estimate of drug-likeness (QED) is 0.818. The fourth-order valence-corrected chi connectivity index (χ4v) is 1.91. The molecule has 0 fully saturated rings. The minimum atomic E-state index is -0.504. The Morgan fingerprint density at radius 1 is 1.46 bits per heavy atom. The van der Waals surface area contributed by atoms with Crippen LogP contribution in [-0.2, 0) is 0 Å². The van der Waals surface area contributed by atoms with Gasteiger partial charge in [-0.3, -0.25) is 0 Å². The maximum absolute atomic E-state index is 9.36. The fourth-order valence-electron chi connectivity index (χ4n) is 1.19. The second-order valence-electron chi connectivity index (χ2n) is 3.24. The van der Waals surface area contributed by atoms with Crippen LogP contribution in [0.2, 0.25) is 0 Å². The number of benzene rings is 1. The van der Waals surface area contributed by atoms with Gasteiger partial charge < -0.3 is 10.8 Å². The minimum Gasteiger partial charge on any atom is -0.391 e. The number of hydrogen-bond acceptors (Lipinski definition) is 2. The second kappa shape index (κ2) is 4.39. The van der Waals surface area contributed by atoms with E-state index in [1.54, 1.807) is 6.92 Å². The highest BCUT2D eigenvalue weighted by atomic mass is 127. The van der Waals surface area contributed by atoms with E-state index in [0.29, 0.717) is 0 Å². The van der Waals surface area contributed by atoms with E-state index in [-0.39, 0.29) is 6.04 Å². The summed E-state index contributed by atoms with van der Waals surface area (Å²) in [5.41, 5.74) is 8.08. The van der Waals surface area contributed by atoms with Gasteiger partial charge in [-0.25, -0.2) is 0 Å². The Kier molecular flexibility index (Phi) is 3.70. The third kappa shape index (κ3) is 2.42. The van der Waals surface area contributed by atoms with Crippen LogP contribution >= 0.6 is 22.6 Å². The topological polar surface area (TPSA) is 46.2 Å². The van der Waals surface area contributed by atoms with Gasteiger partial charge in [-0.1, -0.05) is 18.2 Å². The summed E-state index contributed by atoms with van der Waals surface area (Å²) in [7, 11) is 0. The van der Waals surface area contributed by atoms with E-state index in [2.05, 4.69) is 22.6 Å². The lowest BCUT2D eigenvalue weighted by atomic mass is 10.0. The molecule has 1 rings (SSSR count). The smallest absolute Gasteiger partial charge is 0.0705 e. The van der Waals surface area contributed by atoms with Crippen LogP contribution in [0.5, 0.6) is 0 Å². The monoisotopic (exact) mass is 291 g/mol. The van der Waals surface area contributed by atoms with Crippen LogP contribution in [0.4, 0.5) is 0 Å². The minimum absolute atomic E-state index is 0.285. The van der Waals surface area contributed by atoms with Gasteiger partial charge in [0.05, 0.1) is 12.1 Å². The van der Waals surface area contributed by atoms with Gasteiger partial charge in [0.1, 0.15) is 0 Å². The summed E-state index contributed by atoms with van der Waals surface area (Å²) in [6.07, 6.45) is -0.504. The molecule has 0 aliphatic carbocycles. The first kappa shape index (κ1) is 10.9. The van der Waals surface area contributed by atoms with Crippen LogP contribution in [0.1, 0.15) is 24.1 Å². The van der Waals surface area contributed by atoms with E-state index in [4.69, 9.17) is 5.73 Å². The van der Waals surface area contributed by atoms with Gasteiger partial charge in [-0.15, -0.1) is 0 Å². The zero-order valence-corrected chi connectivity index (χ0v) is 9.95. The van der Waals surface area contributed by atoms with E-state index in [1.165, 1.54) is 5.56 Å². The van der Waals surface area contributed by atoms with Crippen molar-refractivity contribution < 1.29 is 5.11 Å². The van der Waals surface area contributed by atoms with Crippen LogP contribution in [0.25, 0.3) is 0 Å². The Labute approximate surface area is 92.3 Å². The molecule has 1 unspecified atom stereocenters. The first-order chi connectivity index (χ1) is 6.04. The lowest BCUT2D eigenvalue weighted by Gasteiger charge is -2.17. The number of nitrogens with two attached hydrogens (primary N) is 1. The normalized spacial score (nSPS) is 15.5. The number of aryl methyl sites for hydroxylation is 1. The molecule has 3 N–H and O–H groups in total. The molecule has 0 saturated carbocycles. The van der Waals surface area contributed by atoms with Crippen molar-refractivity contribution in [3.63, 3.8) is 0 Å². The summed E-state index contributed by atoms with van der Waals surface area (Å²) < 4.78 is 1.15. The molecule has 2 nitrogen and oxygen atoms in total. The highest BCUT2D eigenvalue weighted by Crippen LogP contribution is 2.23. The summed E-state index contributed by atoms with van der Waals surface area (Å²) in [5, 5.41) is 9.36. The van der Waals surface area contributed by atoms with E-state index in [9.17, 15) is 5.11 Å². The molecule has 2 atom stereocenters. The first-order valence-electron chi connectivity index (χ1n) is 4.22. The summed E-state index contributed by atoms with van der Waals surface area (Å²) in [6, 6.07) is 5.69. The van der Waals surface area contributed by atoms with Crippen molar-refractivity contribution in [2.45, 2.75) is 26.0 Å². The van der Waals surface area contributed by atoms with Gasteiger partial charge in [0.25, 0.3) is 0 Å². The molecule has 0 amide bonds. The molecule has 0 saturated heterocycles. The number of halogens is 1. The molecule has 13 heavy (non-hydrogen) atoms. The Morgan fingerprint density at radius 3 is 2.62 bits per heavy atom. The molecular formula is C10H14INO. The van der Waals surface area contributed by atoms with Gasteiger partial charge in [0, 0.05) is 3.57 Å². The zero-order chi connectivity index (χ0) is 10.0. The van der Waals surface area contributed by atoms with Crippen LogP contribution in [0, 0.1) is 10.5 Å². The molecule has 0 aliphatic rings. The Hall–Kier alpha value is -0.130. The van der Waals surface area contributed by atoms with Crippen LogP contribution in [0.15, 0.2) is 18.2 Å². The van der Waals surface area contributed by atoms with Crippen molar-refractivity contribution >= 4 is 22.6 Å². The van der Waals surface area contributed by atoms with E-state index in [1.807, 2.05) is 25.1 Å². The lowest BCUT2D eigenvalue weighted by molar-refractivity contribution is 0.164. The Bertz CT molecular complexity index is 299. The first-order valence-corrected chi connectivity index (χ1v) is 5.30. The predicted molar refractivity (Wildman–Crippen MR) is 62.5 cm³/mol.